The number of fused-ring (bicyclic) bond motifs is 1. The van der Waals surface area contributed by atoms with Crippen LogP contribution in [0.25, 0.3) is 0 Å². The Morgan fingerprint density at radius 1 is 1.18 bits per heavy atom. The summed E-state index contributed by atoms with van der Waals surface area (Å²) in [5, 5.41) is 0. The van der Waals surface area contributed by atoms with E-state index in [4.69, 9.17) is 0 Å². The Morgan fingerprint density at radius 3 is 2.00 bits per heavy atom. The van der Waals surface area contributed by atoms with Gasteiger partial charge in [0, 0.05) is 18.6 Å². The van der Waals surface area contributed by atoms with Gasteiger partial charge in [-0.25, -0.2) is 0 Å². The van der Waals surface area contributed by atoms with Crippen molar-refractivity contribution in [2.24, 2.45) is 0 Å². The van der Waals surface area contributed by atoms with Gasteiger partial charge < -0.3 is 4.90 Å². The third-order valence-electron chi connectivity index (χ3n) is 3.15. The van der Waals surface area contributed by atoms with E-state index in [1.165, 1.54) is 32.5 Å². The van der Waals surface area contributed by atoms with Crippen molar-refractivity contribution in [1.29, 1.82) is 0 Å². The van der Waals surface area contributed by atoms with E-state index in [0.29, 0.717) is 0 Å². The molecule has 0 aromatic heterocycles. The van der Waals surface area contributed by atoms with E-state index in [-0.39, 0.29) is 0 Å². The Morgan fingerprint density at radius 2 is 1.71 bits per heavy atom. The summed E-state index contributed by atoms with van der Waals surface area (Å²) in [5.74, 6) is 0. The molecular weight excluding hydrogens is 208 g/mol. The van der Waals surface area contributed by atoms with Crippen LogP contribution < -0.4 is 0 Å². The molecule has 0 N–H and O–H groups in total. The molecule has 0 saturated carbocycles. The van der Waals surface area contributed by atoms with Gasteiger partial charge in [-0.05, 0) is 33.0 Å². The van der Waals surface area contributed by atoms with Gasteiger partial charge in [0.2, 0.25) is 0 Å². The summed E-state index contributed by atoms with van der Waals surface area (Å²) in [6.07, 6.45) is 2.87. The number of nitrogens with zero attached hydrogens (tertiary/aromatic N) is 2. The second-order valence-electron chi connectivity index (χ2n) is 3.92. The molecule has 2 heterocycles. The van der Waals surface area contributed by atoms with Crippen LogP contribution in [0.5, 0.6) is 0 Å². The normalized spacial score (nSPS) is 26.9. The van der Waals surface area contributed by atoms with E-state index in [2.05, 4.69) is 36.9 Å². The van der Waals surface area contributed by atoms with Crippen molar-refractivity contribution in [2.75, 3.05) is 26.7 Å². The number of rotatable bonds is 4. The smallest absolute Gasteiger partial charge is 0.0241 e. The van der Waals surface area contributed by atoms with Gasteiger partial charge in [-0.1, -0.05) is 34.6 Å². The second kappa shape index (κ2) is 12.1. The molecule has 2 fully saturated rings. The second-order valence-corrected chi connectivity index (χ2v) is 3.92. The molecule has 0 aliphatic carbocycles. The van der Waals surface area contributed by atoms with Crippen LogP contribution in [0.4, 0.5) is 0 Å². The van der Waals surface area contributed by atoms with E-state index >= 15 is 0 Å². The van der Waals surface area contributed by atoms with Crippen molar-refractivity contribution in [3.05, 3.63) is 13.2 Å². The lowest BCUT2D eigenvalue weighted by Gasteiger charge is -2.28. The molecule has 0 amide bonds. The molecule has 17 heavy (non-hydrogen) atoms. The highest BCUT2D eigenvalue weighted by Crippen LogP contribution is 2.39. The SMILES string of the molecule is C=C.CC.CC.CCN(C)CCC1C[C@H]2CN12. The molecule has 0 aromatic rings. The molecule has 0 aromatic carbocycles. The maximum absolute atomic E-state index is 3.00. The molecule has 0 bridgehead atoms. The highest BCUT2D eigenvalue weighted by atomic mass is 15.4. The van der Waals surface area contributed by atoms with Crippen molar-refractivity contribution in [3.63, 3.8) is 0 Å². The molecule has 2 aliphatic rings. The lowest BCUT2D eigenvalue weighted by Crippen LogP contribution is -2.35. The molecule has 2 nitrogen and oxygen atoms in total. The lowest BCUT2D eigenvalue weighted by molar-refractivity contribution is 0.208. The monoisotopic (exact) mass is 242 g/mol. The fourth-order valence-electron chi connectivity index (χ4n) is 1.98. The predicted molar refractivity (Wildman–Crippen MR) is 80.6 cm³/mol. The van der Waals surface area contributed by atoms with Gasteiger partial charge in [-0.15, -0.1) is 13.2 Å². The van der Waals surface area contributed by atoms with Crippen molar-refractivity contribution >= 4 is 0 Å². The van der Waals surface area contributed by atoms with Gasteiger partial charge in [-0.3, -0.25) is 4.90 Å². The van der Waals surface area contributed by atoms with Gasteiger partial charge in [0.1, 0.15) is 0 Å². The summed E-state index contributed by atoms with van der Waals surface area (Å²) >= 11 is 0. The van der Waals surface area contributed by atoms with Gasteiger partial charge in [0.25, 0.3) is 0 Å². The molecule has 2 heteroatoms. The largest absolute Gasteiger partial charge is 0.307 e. The summed E-state index contributed by atoms with van der Waals surface area (Å²) in [7, 11) is 2.21. The first-order chi connectivity index (χ1) is 8.31. The molecule has 3 atom stereocenters. The fourth-order valence-corrected chi connectivity index (χ4v) is 1.98. The highest BCUT2D eigenvalue weighted by molar-refractivity contribution is 5.06. The zero-order valence-electron chi connectivity index (χ0n) is 13.0. The number of hydrogen-bond acceptors (Lipinski definition) is 2. The zero-order valence-corrected chi connectivity index (χ0v) is 13.0. The molecule has 2 unspecified atom stereocenters. The summed E-state index contributed by atoms with van der Waals surface area (Å²) in [6, 6.07) is 1.97. The van der Waals surface area contributed by atoms with Gasteiger partial charge in [0.05, 0.1) is 0 Å². The lowest BCUT2D eigenvalue weighted by atomic mass is 10.0. The standard InChI is InChI=1S/C9H18N2.2C2H6.C2H4/c1-3-10(2)5-4-8-6-9-7-11(8)9;3*1-2/h8-9H,3-7H2,1-2H3;2*1-2H3;1-2H2/t8?,9-,11?;;;/m0.../s1. The molecule has 2 rings (SSSR count). The van der Waals surface area contributed by atoms with Crippen LogP contribution in [0.1, 0.15) is 47.5 Å². The zero-order chi connectivity index (χ0) is 13.8. The Kier molecular flexibility index (Phi) is 13.6. The molecule has 2 saturated heterocycles. The van der Waals surface area contributed by atoms with Crippen molar-refractivity contribution in [3.8, 4) is 0 Å². The minimum Gasteiger partial charge on any atom is -0.307 e. The topological polar surface area (TPSA) is 6.25 Å². The maximum atomic E-state index is 3.00. The van der Waals surface area contributed by atoms with Crippen molar-refractivity contribution in [2.45, 2.75) is 59.5 Å². The maximum Gasteiger partial charge on any atom is 0.0241 e. The van der Waals surface area contributed by atoms with Crippen LogP contribution in [0.3, 0.4) is 0 Å². The van der Waals surface area contributed by atoms with Crippen LogP contribution in [0.15, 0.2) is 13.2 Å². The average Bonchev–Trinajstić information content (AvgIpc) is 3.07. The quantitative estimate of drug-likeness (QED) is 0.548. The highest BCUT2D eigenvalue weighted by Gasteiger charge is 2.49. The first kappa shape index (κ1) is 19.0. The Hall–Kier alpha value is -0.340. The molecular formula is C15H34N2. The molecule has 104 valence electrons. The van der Waals surface area contributed by atoms with Gasteiger partial charge in [-0.2, -0.15) is 0 Å². The van der Waals surface area contributed by atoms with E-state index in [9.17, 15) is 0 Å². The van der Waals surface area contributed by atoms with E-state index < -0.39 is 0 Å². The molecule has 2 aliphatic heterocycles. The van der Waals surface area contributed by atoms with E-state index in [1.54, 1.807) is 0 Å². The van der Waals surface area contributed by atoms with Crippen LogP contribution in [-0.2, 0) is 0 Å². The number of hydrogen-bond donors (Lipinski definition) is 0. The van der Waals surface area contributed by atoms with E-state index in [1.807, 2.05) is 27.7 Å². The summed E-state index contributed by atoms with van der Waals surface area (Å²) in [6.45, 7) is 20.1. The summed E-state index contributed by atoms with van der Waals surface area (Å²) in [5.41, 5.74) is 0. The third-order valence-corrected chi connectivity index (χ3v) is 3.15. The Labute approximate surface area is 110 Å². The predicted octanol–water partition coefficient (Wildman–Crippen LogP) is 3.64. The van der Waals surface area contributed by atoms with Crippen molar-refractivity contribution in [1.82, 2.24) is 9.80 Å². The summed E-state index contributed by atoms with van der Waals surface area (Å²) in [4.78, 5) is 5.01. The van der Waals surface area contributed by atoms with Gasteiger partial charge in [0.15, 0.2) is 0 Å². The minimum atomic E-state index is 0.953. The summed E-state index contributed by atoms with van der Waals surface area (Å²) < 4.78 is 0. The van der Waals surface area contributed by atoms with Crippen molar-refractivity contribution < 1.29 is 0 Å². The Balaban J connectivity index is 0. The van der Waals surface area contributed by atoms with Crippen LogP contribution in [0, 0.1) is 0 Å². The van der Waals surface area contributed by atoms with Crippen LogP contribution >= 0.6 is 0 Å². The molecule has 0 spiro atoms. The van der Waals surface area contributed by atoms with Crippen LogP contribution in [-0.4, -0.2) is 48.6 Å². The minimum absolute atomic E-state index is 0.953. The van der Waals surface area contributed by atoms with E-state index in [0.717, 1.165) is 12.1 Å². The molecule has 0 radical (unpaired) electrons. The third kappa shape index (κ3) is 6.85. The van der Waals surface area contributed by atoms with Crippen LogP contribution in [0.2, 0.25) is 0 Å². The van der Waals surface area contributed by atoms with Gasteiger partial charge >= 0.3 is 0 Å². The Bertz CT molecular complexity index is 159. The first-order valence-electron chi connectivity index (χ1n) is 7.25. The first-order valence-corrected chi connectivity index (χ1v) is 7.25. The fraction of sp³-hybridized carbons (Fsp3) is 0.867. The average molecular weight is 242 g/mol.